The van der Waals surface area contributed by atoms with Gasteiger partial charge in [-0.2, -0.15) is 0 Å². The Morgan fingerprint density at radius 3 is 2.74 bits per heavy atom. The van der Waals surface area contributed by atoms with Crippen molar-refractivity contribution >= 4 is 11.7 Å². The van der Waals surface area contributed by atoms with Gasteiger partial charge in [0.05, 0.1) is 0 Å². The van der Waals surface area contributed by atoms with Crippen molar-refractivity contribution in [1.29, 1.82) is 0 Å². The van der Waals surface area contributed by atoms with Crippen LogP contribution < -0.4 is 0 Å². The number of ketones is 1. The summed E-state index contributed by atoms with van der Waals surface area (Å²) in [5.41, 5.74) is 2.95. The Bertz CT molecular complexity index is 507. The number of aryl methyl sites for hydroxylation is 1. The van der Waals surface area contributed by atoms with Gasteiger partial charge in [-0.25, -0.2) is 0 Å². The maximum atomic E-state index is 12.6. The highest BCUT2D eigenvalue weighted by Crippen LogP contribution is 2.24. The highest BCUT2D eigenvalue weighted by Gasteiger charge is 2.30. The van der Waals surface area contributed by atoms with Gasteiger partial charge in [-0.05, 0) is 50.8 Å². The van der Waals surface area contributed by atoms with E-state index < -0.39 is 0 Å². The first-order valence-electron chi connectivity index (χ1n) is 6.87. The molecule has 1 saturated heterocycles. The summed E-state index contributed by atoms with van der Waals surface area (Å²) in [4.78, 5) is 25.8. The Kier molecular flexibility index (Phi) is 4.03. The molecule has 1 aliphatic heterocycles. The van der Waals surface area contributed by atoms with Crippen molar-refractivity contribution in [1.82, 2.24) is 4.90 Å². The maximum absolute atomic E-state index is 12.6. The highest BCUT2D eigenvalue weighted by atomic mass is 16.2. The van der Waals surface area contributed by atoms with E-state index in [0.29, 0.717) is 6.42 Å². The lowest BCUT2D eigenvalue weighted by molar-refractivity contribution is -0.117. The van der Waals surface area contributed by atoms with Gasteiger partial charge in [0.1, 0.15) is 5.78 Å². The molecule has 102 valence electrons. The Labute approximate surface area is 114 Å². The van der Waals surface area contributed by atoms with E-state index in [1.165, 1.54) is 0 Å². The van der Waals surface area contributed by atoms with Gasteiger partial charge < -0.3 is 4.90 Å². The number of benzene rings is 1. The zero-order valence-electron chi connectivity index (χ0n) is 11.9. The second kappa shape index (κ2) is 5.55. The molecule has 0 aliphatic carbocycles. The second-order valence-corrected chi connectivity index (χ2v) is 5.45. The van der Waals surface area contributed by atoms with Crippen LogP contribution in [0.4, 0.5) is 0 Å². The van der Waals surface area contributed by atoms with Crippen LogP contribution in [0.15, 0.2) is 18.2 Å². The monoisotopic (exact) mass is 259 g/mol. The fraction of sp³-hybridized carbons (Fsp3) is 0.500. The van der Waals surface area contributed by atoms with E-state index in [1.54, 1.807) is 6.92 Å². The van der Waals surface area contributed by atoms with E-state index in [0.717, 1.165) is 36.1 Å². The summed E-state index contributed by atoms with van der Waals surface area (Å²) in [5, 5.41) is 0. The molecule has 3 nitrogen and oxygen atoms in total. The minimum atomic E-state index is 0.0740. The van der Waals surface area contributed by atoms with Gasteiger partial charge >= 0.3 is 0 Å². The lowest BCUT2D eigenvalue weighted by atomic mass is 10.0. The minimum absolute atomic E-state index is 0.0740. The topological polar surface area (TPSA) is 37.4 Å². The Morgan fingerprint density at radius 2 is 2.05 bits per heavy atom. The van der Waals surface area contributed by atoms with Crippen molar-refractivity contribution in [3.8, 4) is 0 Å². The molecule has 1 aliphatic rings. The summed E-state index contributed by atoms with van der Waals surface area (Å²) in [6.07, 6.45) is 2.42. The van der Waals surface area contributed by atoms with Gasteiger partial charge in [-0.15, -0.1) is 0 Å². The zero-order chi connectivity index (χ0) is 14.0. The van der Waals surface area contributed by atoms with Crippen LogP contribution in [0.25, 0.3) is 0 Å². The van der Waals surface area contributed by atoms with E-state index in [4.69, 9.17) is 0 Å². The van der Waals surface area contributed by atoms with Crippen LogP contribution in [0.1, 0.15) is 47.7 Å². The van der Waals surface area contributed by atoms with Gasteiger partial charge in [0.2, 0.25) is 0 Å². The van der Waals surface area contributed by atoms with E-state index in [9.17, 15) is 9.59 Å². The maximum Gasteiger partial charge on any atom is 0.254 e. The molecule has 1 fully saturated rings. The Hall–Kier alpha value is -1.64. The molecule has 0 aromatic heterocycles. The van der Waals surface area contributed by atoms with Crippen molar-refractivity contribution < 1.29 is 9.59 Å². The van der Waals surface area contributed by atoms with E-state index in [-0.39, 0.29) is 17.7 Å². The van der Waals surface area contributed by atoms with Crippen molar-refractivity contribution in [3.63, 3.8) is 0 Å². The first kappa shape index (κ1) is 13.8. The first-order valence-corrected chi connectivity index (χ1v) is 6.87. The van der Waals surface area contributed by atoms with Crippen LogP contribution in [0.2, 0.25) is 0 Å². The molecule has 1 unspecified atom stereocenters. The lowest BCUT2D eigenvalue weighted by Crippen LogP contribution is -2.37. The molecular formula is C16H21NO2. The second-order valence-electron chi connectivity index (χ2n) is 5.45. The zero-order valence-corrected chi connectivity index (χ0v) is 11.9. The third-order valence-corrected chi connectivity index (χ3v) is 4.00. The van der Waals surface area contributed by atoms with E-state index in [1.807, 2.05) is 36.9 Å². The average Bonchev–Trinajstić information content (AvgIpc) is 2.79. The van der Waals surface area contributed by atoms with Crippen LogP contribution in [0.5, 0.6) is 0 Å². The van der Waals surface area contributed by atoms with E-state index in [2.05, 4.69) is 0 Å². The molecule has 1 aromatic carbocycles. The fourth-order valence-corrected chi connectivity index (χ4v) is 2.78. The molecule has 0 saturated carbocycles. The number of carbonyl (C=O) groups excluding carboxylic acids is 2. The predicted octanol–water partition coefficient (Wildman–Crippen LogP) is 2.89. The fourth-order valence-electron chi connectivity index (χ4n) is 2.78. The molecule has 1 atom stereocenters. The number of hydrogen-bond acceptors (Lipinski definition) is 2. The van der Waals surface area contributed by atoms with Gasteiger partial charge in [0.25, 0.3) is 5.91 Å². The number of amides is 1. The van der Waals surface area contributed by atoms with Crippen LogP contribution >= 0.6 is 0 Å². The molecule has 1 amide bonds. The first-order chi connectivity index (χ1) is 9.00. The Balaban J connectivity index is 2.23. The molecule has 0 spiro atoms. The predicted molar refractivity (Wildman–Crippen MR) is 75.3 cm³/mol. The third-order valence-electron chi connectivity index (χ3n) is 4.00. The molecule has 0 bridgehead atoms. The molecule has 0 N–H and O–H groups in total. The molecule has 3 heteroatoms. The van der Waals surface area contributed by atoms with Gasteiger partial charge in [0, 0.05) is 24.6 Å². The molecule has 1 aromatic rings. The quantitative estimate of drug-likeness (QED) is 0.837. The number of Topliss-reactive ketones (excluding diaryl/α,β-unsaturated/α-hetero) is 1. The SMILES string of the molecule is CC(=O)CC1CCCN1C(=O)c1cccc(C)c1C. The standard InChI is InChI=1S/C16H21NO2/c1-11-6-4-8-15(13(11)3)16(19)17-9-5-7-14(17)10-12(2)18/h4,6,8,14H,5,7,9-10H2,1-3H3. The van der Waals surface area contributed by atoms with Crippen molar-refractivity contribution in [2.45, 2.75) is 46.1 Å². The number of hydrogen-bond donors (Lipinski definition) is 0. The normalized spacial score (nSPS) is 18.7. The summed E-state index contributed by atoms with van der Waals surface area (Å²) in [6.45, 7) is 6.37. The highest BCUT2D eigenvalue weighted by molar-refractivity contribution is 5.96. The van der Waals surface area contributed by atoms with Crippen LogP contribution in [0, 0.1) is 13.8 Å². The summed E-state index contributed by atoms with van der Waals surface area (Å²) < 4.78 is 0. The van der Waals surface area contributed by atoms with Crippen molar-refractivity contribution in [2.75, 3.05) is 6.54 Å². The minimum Gasteiger partial charge on any atom is -0.335 e. The largest absolute Gasteiger partial charge is 0.335 e. The third kappa shape index (κ3) is 2.86. The summed E-state index contributed by atoms with van der Waals surface area (Å²) >= 11 is 0. The summed E-state index contributed by atoms with van der Waals surface area (Å²) in [6, 6.07) is 5.91. The lowest BCUT2D eigenvalue weighted by Gasteiger charge is -2.25. The van der Waals surface area contributed by atoms with Crippen molar-refractivity contribution in [3.05, 3.63) is 34.9 Å². The number of nitrogens with zero attached hydrogens (tertiary/aromatic N) is 1. The van der Waals surface area contributed by atoms with Crippen LogP contribution in [0.3, 0.4) is 0 Å². The molecule has 1 heterocycles. The average molecular weight is 259 g/mol. The van der Waals surface area contributed by atoms with E-state index >= 15 is 0 Å². The molecule has 2 rings (SSSR count). The van der Waals surface area contributed by atoms with Gasteiger partial charge in [-0.3, -0.25) is 9.59 Å². The number of rotatable bonds is 3. The molecule has 19 heavy (non-hydrogen) atoms. The number of carbonyl (C=O) groups is 2. The Morgan fingerprint density at radius 1 is 1.32 bits per heavy atom. The van der Waals surface area contributed by atoms with Gasteiger partial charge in [0.15, 0.2) is 0 Å². The number of likely N-dealkylation sites (tertiary alicyclic amines) is 1. The van der Waals surface area contributed by atoms with Crippen LogP contribution in [-0.2, 0) is 4.79 Å². The van der Waals surface area contributed by atoms with Crippen LogP contribution in [-0.4, -0.2) is 29.2 Å². The molecular weight excluding hydrogens is 238 g/mol. The van der Waals surface area contributed by atoms with Gasteiger partial charge in [-0.1, -0.05) is 12.1 Å². The summed E-state index contributed by atoms with van der Waals surface area (Å²) in [5.74, 6) is 0.232. The summed E-state index contributed by atoms with van der Waals surface area (Å²) in [7, 11) is 0. The smallest absolute Gasteiger partial charge is 0.254 e. The van der Waals surface area contributed by atoms with Crippen molar-refractivity contribution in [2.24, 2.45) is 0 Å². The molecule has 0 radical (unpaired) electrons.